The molecule has 0 amide bonds. The minimum Gasteiger partial charge on any atom is -0.314 e. The maximum absolute atomic E-state index is 13.4. The molecule has 3 heteroatoms. The van der Waals surface area contributed by atoms with Crippen LogP contribution in [0.2, 0.25) is 0 Å². The number of hydrogen-bond acceptors (Lipinski definition) is 2. The van der Waals surface area contributed by atoms with Crippen molar-refractivity contribution >= 4 is 0 Å². The quantitative estimate of drug-likeness (QED) is 0.861. The Hall–Kier alpha value is -0.930. The molecule has 1 N–H and O–H groups in total. The fourth-order valence-corrected chi connectivity index (χ4v) is 2.61. The van der Waals surface area contributed by atoms with Crippen LogP contribution in [0.3, 0.4) is 0 Å². The van der Waals surface area contributed by atoms with E-state index in [0.717, 1.165) is 32.7 Å². The van der Waals surface area contributed by atoms with Crippen molar-refractivity contribution in [3.63, 3.8) is 0 Å². The third kappa shape index (κ3) is 2.67. The molecule has 1 heterocycles. The standard InChI is InChI=1S/C14H19FN2/c15-13-3-4-14(11-1-2-11)12(9-13)10-17-7-5-16-6-8-17/h3-4,9,11,16H,1-2,5-8,10H2. The largest absolute Gasteiger partial charge is 0.314 e. The van der Waals surface area contributed by atoms with Gasteiger partial charge in [0.25, 0.3) is 0 Å². The Morgan fingerprint density at radius 2 is 2.00 bits per heavy atom. The molecule has 1 aliphatic heterocycles. The Balaban J connectivity index is 1.77. The van der Waals surface area contributed by atoms with Crippen LogP contribution in [0, 0.1) is 5.82 Å². The van der Waals surface area contributed by atoms with Crippen LogP contribution in [0.25, 0.3) is 0 Å². The zero-order valence-corrected chi connectivity index (χ0v) is 10.1. The SMILES string of the molecule is Fc1ccc(C2CC2)c(CN2CCNCC2)c1. The van der Waals surface area contributed by atoms with E-state index < -0.39 is 0 Å². The number of piperazine rings is 1. The molecule has 1 saturated carbocycles. The fourth-order valence-electron chi connectivity index (χ4n) is 2.61. The lowest BCUT2D eigenvalue weighted by molar-refractivity contribution is 0.232. The van der Waals surface area contributed by atoms with E-state index in [1.165, 1.54) is 24.0 Å². The number of rotatable bonds is 3. The molecule has 0 bridgehead atoms. The lowest BCUT2D eigenvalue weighted by Crippen LogP contribution is -2.43. The first-order valence-electron chi connectivity index (χ1n) is 6.54. The number of hydrogen-bond donors (Lipinski definition) is 1. The van der Waals surface area contributed by atoms with Crippen molar-refractivity contribution in [2.24, 2.45) is 0 Å². The highest BCUT2D eigenvalue weighted by Gasteiger charge is 2.26. The van der Waals surface area contributed by atoms with Gasteiger partial charge in [-0.15, -0.1) is 0 Å². The zero-order chi connectivity index (χ0) is 11.7. The van der Waals surface area contributed by atoms with Crippen molar-refractivity contribution in [2.75, 3.05) is 26.2 Å². The Kier molecular flexibility index (Phi) is 3.12. The zero-order valence-electron chi connectivity index (χ0n) is 10.1. The van der Waals surface area contributed by atoms with Gasteiger partial charge in [-0.05, 0) is 42.0 Å². The van der Waals surface area contributed by atoms with Gasteiger partial charge < -0.3 is 5.32 Å². The van der Waals surface area contributed by atoms with E-state index in [9.17, 15) is 4.39 Å². The van der Waals surface area contributed by atoms with Crippen LogP contribution in [-0.2, 0) is 6.54 Å². The van der Waals surface area contributed by atoms with Gasteiger partial charge in [-0.25, -0.2) is 4.39 Å². The number of halogens is 1. The van der Waals surface area contributed by atoms with E-state index in [2.05, 4.69) is 10.2 Å². The molecular formula is C14H19FN2. The average Bonchev–Trinajstić information content (AvgIpc) is 3.15. The average molecular weight is 234 g/mol. The molecule has 1 aromatic rings. The van der Waals surface area contributed by atoms with Crippen LogP contribution in [0.5, 0.6) is 0 Å². The molecule has 1 aromatic carbocycles. The number of nitrogens with one attached hydrogen (secondary N) is 1. The molecule has 0 unspecified atom stereocenters. The highest BCUT2D eigenvalue weighted by molar-refractivity contribution is 5.33. The third-order valence-electron chi connectivity index (χ3n) is 3.73. The van der Waals surface area contributed by atoms with Crippen molar-refractivity contribution < 1.29 is 4.39 Å². The summed E-state index contributed by atoms with van der Waals surface area (Å²) in [5, 5.41) is 3.35. The van der Waals surface area contributed by atoms with Crippen molar-refractivity contribution in [3.8, 4) is 0 Å². The summed E-state index contributed by atoms with van der Waals surface area (Å²) in [4.78, 5) is 2.41. The van der Waals surface area contributed by atoms with E-state index in [4.69, 9.17) is 0 Å². The Labute approximate surface area is 102 Å². The molecule has 1 aliphatic carbocycles. The van der Waals surface area contributed by atoms with Gasteiger partial charge in [0.1, 0.15) is 5.82 Å². The molecule has 2 aliphatic rings. The maximum Gasteiger partial charge on any atom is 0.123 e. The molecule has 17 heavy (non-hydrogen) atoms. The van der Waals surface area contributed by atoms with Crippen LogP contribution >= 0.6 is 0 Å². The summed E-state index contributed by atoms with van der Waals surface area (Å²) in [5.41, 5.74) is 2.58. The van der Waals surface area contributed by atoms with Crippen LogP contribution in [-0.4, -0.2) is 31.1 Å². The first kappa shape index (κ1) is 11.2. The molecule has 1 saturated heterocycles. The molecule has 2 nitrogen and oxygen atoms in total. The van der Waals surface area contributed by atoms with Gasteiger partial charge in [0.2, 0.25) is 0 Å². The summed E-state index contributed by atoms with van der Waals surface area (Å²) in [6.07, 6.45) is 2.56. The molecule has 0 atom stereocenters. The second-order valence-electron chi connectivity index (χ2n) is 5.14. The van der Waals surface area contributed by atoms with Gasteiger partial charge in [0, 0.05) is 32.7 Å². The second-order valence-corrected chi connectivity index (χ2v) is 5.14. The van der Waals surface area contributed by atoms with Gasteiger partial charge in [-0.2, -0.15) is 0 Å². The van der Waals surface area contributed by atoms with Gasteiger partial charge >= 0.3 is 0 Å². The predicted octanol–water partition coefficient (Wildman–Crippen LogP) is 2.11. The third-order valence-corrected chi connectivity index (χ3v) is 3.73. The summed E-state index contributed by atoms with van der Waals surface area (Å²) in [7, 11) is 0. The molecular weight excluding hydrogens is 215 g/mol. The summed E-state index contributed by atoms with van der Waals surface area (Å²) >= 11 is 0. The van der Waals surface area contributed by atoms with Gasteiger partial charge in [0.05, 0.1) is 0 Å². The number of benzene rings is 1. The van der Waals surface area contributed by atoms with Crippen LogP contribution < -0.4 is 5.32 Å². The van der Waals surface area contributed by atoms with Crippen molar-refractivity contribution in [1.29, 1.82) is 0 Å². The van der Waals surface area contributed by atoms with Crippen molar-refractivity contribution in [1.82, 2.24) is 10.2 Å². The first-order valence-corrected chi connectivity index (χ1v) is 6.54. The van der Waals surface area contributed by atoms with Gasteiger partial charge in [-0.1, -0.05) is 6.07 Å². The molecule has 3 rings (SSSR count). The number of nitrogens with zero attached hydrogens (tertiary/aromatic N) is 1. The van der Waals surface area contributed by atoms with Gasteiger partial charge in [-0.3, -0.25) is 4.90 Å². The van der Waals surface area contributed by atoms with Gasteiger partial charge in [0.15, 0.2) is 0 Å². The molecule has 0 radical (unpaired) electrons. The lowest BCUT2D eigenvalue weighted by atomic mass is 10.0. The Morgan fingerprint density at radius 1 is 1.24 bits per heavy atom. The minimum absolute atomic E-state index is 0.0977. The van der Waals surface area contributed by atoms with E-state index in [0.29, 0.717) is 5.92 Å². The first-order chi connectivity index (χ1) is 8.33. The second kappa shape index (κ2) is 4.75. The minimum atomic E-state index is -0.0977. The maximum atomic E-state index is 13.4. The Bertz CT molecular complexity index is 395. The van der Waals surface area contributed by atoms with Crippen molar-refractivity contribution in [3.05, 3.63) is 35.1 Å². The normalized spacial score (nSPS) is 21.7. The summed E-state index contributed by atoms with van der Waals surface area (Å²) in [6.45, 7) is 5.15. The molecule has 0 aromatic heterocycles. The van der Waals surface area contributed by atoms with Crippen molar-refractivity contribution in [2.45, 2.75) is 25.3 Å². The van der Waals surface area contributed by atoms with Crippen LogP contribution in [0.4, 0.5) is 4.39 Å². The van der Waals surface area contributed by atoms with E-state index in [-0.39, 0.29) is 5.82 Å². The Morgan fingerprint density at radius 3 is 2.71 bits per heavy atom. The van der Waals surface area contributed by atoms with E-state index >= 15 is 0 Å². The molecule has 0 spiro atoms. The van der Waals surface area contributed by atoms with Crippen LogP contribution in [0.15, 0.2) is 18.2 Å². The monoisotopic (exact) mass is 234 g/mol. The summed E-state index contributed by atoms with van der Waals surface area (Å²) in [6, 6.07) is 5.33. The predicted molar refractivity (Wildman–Crippen MR) is 66.5 cm³/mol. The van der Waals surface area contributed by atoms with E-state index in [1.54, 1.807) is 12.1 Å². The highest BCUT2D eigenvalue weighted by Crippen LogP contribution is 2.42. The summed E-state index contributed by atoms with van der Waals surface area (Å²) < 4.78 is 13.4. The topological polar surface area (TPSA) is 15.3 Å². The molecule has 2 fully saturated rings. The summed E-state index contributed by atoms with van der Waals surface area (Å²) in [5.74, 6) is 0.605. The fraction of sp³-hybridized carbons (Fsp3) is 0.571. The smallest absolute Gasteiger partial charge is 0.123 e. The highest BCUT2D eigenvalue weighted by atomic mass is 19.1. The van der Waals surface area contributed by atoms with Crippen LogP contribution in [0.1, 0.15) is 29.9 Å². The molecule has 92 valence electrons. The lowest BCUT2D eigenvalue weighted by Gasteiger charge is -2.28. The van der Waals surface area contributed by atoms with E-state index in [1.807, 2.05) is 6.07 Å².